The maximum absolute atomic E-state index is 14.1. The third-order valence-electron chi connectivity index (χ3n) is 15.8. The van der Waals surface area contributed by atoms with E-state index in [2.05, 4.69) is 79.1 Å². The number of ether oxygens (including phenoxy) is 1. The van der Waals surface area contributed by atoms with Crippen molar-refractivity contribution in [2.75, 3.05) is 70.1 Å². The highest BCUT2D eigenvalue weighted by molar-refractivity contribution is 6.34. The Morgan fingerprint density at radius 1 is 0.859 bits per heavy atom. The van der Waals surface area contributed by atoms with Gasteiger partial charge in [-0.1, -0.05) is 20.4 Å². The number of pyridine rings is 2. The number of fused-ring (bicyclic) bond motifs is 4. The Balaban J connectivity index is 0.771. The first-order chi connectivity index (χ1) is 37.3. The van der Waals surface area contributed by atoms with Crippen LogP contribution in [0.3, 0.4) is 0 Å². The molecular formula is C57H59F3N12O6. The number of hydrogen-bond acceptors (Lipinski definition) is 14. The lowest BCUT2D eigenvalue weighted by Gasteiger charge is -2.48. The molecule has 1 aliphatic carbocycles. The summed E-state index contributed by atoms with van der Waals surface area (Å²) in [5.74, 6) is -1.10. The molecule has 18 nitrogen and oxygen atoms in total. The highest BCUT2D eigenvalue weighted by Crippen LogP contribution is 2.42. The number of piperazine rings is 1. The highest BCUT2D eigenvalue weighted by Gasteiger charge is 2.42. The molecule has 6 aromatic rings. The van der Waals surface area contributed by atoms with Crippen molar-refractivity contribution in [3.8, 4) is 17.1 Å². The average Bonchev–Trinajstić information content (AvgIpc) is 4.25. The fourth-order valence-electron chi connectivity index (χ4n) is 12.1. The number of amides is 4. The Bertz CT molecular complexity index is 3430. The van der Waals surface area contributed by atoms with Crippen LogP contribution in [0, 0.1) is 5.41 Å². The van der Waals surface area contributed by atoms with E-state index in [1.54, 1.807) is 41.6 Å². The van der Waals surface area contributed by atoms with E-state index in [9.17, 15) is 37.5 Å². The van der Waals surface area contributed by atoms with E-state index < -0.39 is 30.3 Å². The highest BCUT2D eigenvalue weighted by atomic mass is 19.4. The van der Waals surface area contributed by atoms with Crippen molar-refractivity contribution in [1.29, 1.82) is 0 Å². The van der Waals surface area contributed by atoms with Crippen molar-refractivity contribution >= 4 is 63.7 Å². The van der Waals surface area contributed by atoms with Crippen LogP contribution in [0.25, 0.3) is 11.3 Å². The van der Waals surface area contributed by atoms with Gasteiger partial charge in [-0.2, -0.15) is 13.2 Å². The van der Waals surface area contributed by atoms with E-state index in [-0.39, 0.29) is 63.9 Å². The Morgan fingerprint density at radius 3 is 2.40 bits per heavy atom. The molecule has 4 aromatic heterocycles. The smallest absolute Gasteiger partial charge is 0.433 e. The van der Waals surface area contributed by atoms with Crippen LogP contribution >= 0.6 is 0 Å². The van der Waals surface area contributed by atoms with E-state index in [1.807, 2.05) is 24.3 Å². The number of rotatable bonds is 12. The van der Waals surface area contributed by atoms with Crippen LogP contribution in [0.5, 0.6) is 5.88 Å². The van der Waals surface area contributed by atoms with Gasteiger partial charge >= 0.3 is 6.18 Å². The topological polar surface area (TPSA) is 194 Å². The van der Waals surface area contributed by atoms with Crippen molar-refractivity contribution in [2.24, 2.45) is 5.41 Å². The van der Waals surface area contributed by atoms with Gasteiger partial charge in [0.1, 0.15) is 17.2 Å². The molecule has 21 heteroatoms. The van der Waals surface area contributed by atoms with Crippen molar-refractivity contribution in [3.05, 3.63) is 131 Å². The molecule has 3 atom stereocenters. The third-order valence-corrected chi connectivity index (χ3v) is 15.8. The number of benzene rings is 2. The lowest BCUT2D eigenvalue weighted by atomic mass is 9.90. The zero-order chi connectivity index (χ0) is 54.9. The molecule has 3 N–H and O–H groups in total. The number of aromatic nitrogens is 5. The molecule has 0 bridgehead atoms. The van der Waals surface area contributed by atoms with Crippen LogP contribution in [0.2, 0.25) is 0 Å². The Kier molecular flexibility index (Phi) is 13.3. The second kappa shape index (κ2) is 20.0. The molecule has 2 saturated heterocycles. The van der Waals surface area contributed by atoms with Gasteiger partial charge in [-0.05, 0) is 117 Å². The zero-order valence-corrected chi connectivity index (χ0v) is 43.9. The zero-order valence-electron chi connectivity index (χ0n) is 43.9. The number of nitrogens with zero attached hydrogens (tertiary/aromatic N) is 10. The molecule has 78 heavy (non-hydrogen) atoms. The third kappa shape index (κ3) is 9.37. The van der Waals surface area contributed by atoms with E-state index in [0.29, 0.717) is 72.0 Å². The second-order valence-corrected chi connectivity index (χ2v) is 21.4. The Labute approximate surface area is 448 Å². The molecule has 8 heterocycles. The van der Waals surface area contributed by atoms with Crippen LogP contribution in [0.4, 0.5) is 53.2 Å². The lowest BCUT2D eigenvalue weighted by Crippen LogP contribution is -2.58. The summed E-state index contributed by atoms with van der Waals surface area (Å²) in [6, 6.07) is 16.7. The number of carbonyl (C=O) groups is 4. The van der Waals surface area contributed by atoms with Crippen LogP contribution in [-0.4, -0.2) is 116 Å². The van der Waals surface area contributed by atoms with Gasteiger partial charge in [-0.25, -0.2) is 19.9 Å². The van der Waals surface area contributed by atoms with Gasteiger partial charge in [-0.15, -0.1) is 0 Å². The normalized spacial score (nSPS) is 20.2. The molecule has 5 aliphatic rings. The predicted octanol–water partition coefficient (Wildman–Crippen LogP) is 8.28. The SMILES string of the molecule is C=CC(=O)Nc1cc(Nc2nc(-c3ccnc(N4CCn5c(cc6c5CC(C)(C)C6)C4=O)c3CO)cnc2OC)ccc1N1CCN(C2CCN(c3ccc4c(c3)C(=O)N(c3ccnc(C(F)(F)F)c3)C4=O)[C@H](C)C2)C[C@@H]1C. The minimum Gasteiger partial charge on any atom is -0.478 e. The molecule has 404 valence electrons. The number of methoxy groups -OCH3 is 1. The summed E-state index contributed by atoms with van der Waals surface area (Å²) in [6.07, 6.45) is 4.04. The van der Waals surface area contributed by atoms with Gasteiger partial charge in [0.15, 0.2) is 5.82 Å². The summed E-state index contributed by atoms with van der Waals surface area (Å²) >= 11 is 0. The summed E-state index contributed by atoms with van der Waals surface area (Å²) in [7, 11) is 1.49. The molecule has 4 aliphatic heterocycles. The van der Waals surface area contributed by atoms with Gasteiger partial charge in [0, 0.05) is 98.0 Å². The molecule has 0 radical (unpaired) electrons. The lowest BCUT2D eigenvalue weighted by molar-refractivity contribution is -0.141. The summed E-state index contributed by atoms with van der Waals surface area (Å²) in [5, 5.41) is 17.2. The summed E-state index contributed by atoms with van der Waals surface area (Å²) in [6.45, 7) is 15.9. The number of anilines is 7. The monoisotopic (exact) mass is 1060 g/mol. The van der Waals surface area contributed by atoms with Crippen LogP contribution in [0.15, 0.2) is 91.9 Å². The van der Waals surface area contributed by atoms with Crippen LogP contribution in [0.1, 0.15) is 94.3 Å². The van der Waals surface area contributed by atoms with Crippen molar-refractivity contribution in [2.45, 2.75) is 90.8 Å². The van der Waals surface area contributed by atoms with Gasteiger partial charge in [0.05, 0.1) is 53.8 Å². The van der Waals surface area contributed by atoms with E-state index >= 15 is 0 Å². The van der Waals surface area contributed by atoms with Crippen molar-refractivity contribution in [3.63, 3.8) is 0 Å². The minimum absolute atomic E-state index is 0.0358. The van der Waals surface area contributed by atoms with Gasteiger partial charge < -0.3 is 34.8 Å². The largest absolute Gasteiger partial charge is 0.478 e. The van der Waals surface area contributed by atoms with E-state index in [4.69, 9.17) is 9.72 Å². The van der Waals surface area contributed by atoms with Crippen LogP contribution in [-0.2, 0) is 37.0 Å². The number of alkyl halides is 3. The first-order valence-corrected chi connectivity index (χ1v) is 26.1. The Morgan fingerprint density at radius 2 is 1.65 bits per heavy atom. The minimum atomic E-state index is -4.74. The molecule has 2 aromatic carbocycles. The van der Waals surface area contributed by atoms with Gasteiger partial charge in [0.25, 0.3) is 23.6 Å². The first kappa shape index (κ1) is 51.9. The quantitative estimate of drug-likeness (QED) is 0.0783. The fraction of sp³-hybridized carbons (Fsp3) is 0.368. The predicted molar refractivity (Wildman–Crippen MR) is 289 cm³/mol. The molecule has 1 unspecified atom stereocenters. The molecule has 0 saturated carbocycles. The summed E-state index contributed by atoms with van der Waals surface area (Å²) in [5.41, 5.74) is 6.17. The fourth-order valence-corrected chi connectivity index (χ4v) is 12.1. The number of imide groups is 1. The summed E-state index contributed by atoms with van der Waals surface area (Å²) < 4.78 is 48.2. The standard InChI is InChI=1S/C57H59F3N12O6/c1-7-49(74)65-43-24-35(64-50-52(78-6)63-29-44(66-50)39-13-16-62-51(42(39)31-73)71-21-20-70-46(55(71)77)23-34-27-56(4,5)28-47(34)70)8-11-45(43)69-19-18-67(30-33(69)3)36-14-17-68(32(2)22-36)37-9-10-40-41(25-37)54(76)72(53(40)75)38-12-15-61-48(26-38)57(58,59)60/h7-13,15-16,23-26,29,32-33,36,73H,1,14,17-22,27-28,30-31H2,2-6H3,(H,64,66)(H,65,74)/t32-,33+,36?/m1/s1. The maximum Gasteiger partial charge on any atom is 0.433 e. The number of aliphatic hydroxyl groups excluding tert-OH is 1. The number of piperidine rings is 1. The number of hydrogen-bond donors (Lipinski definition) is 3. The molecular weight excluding hydrogens is 1010 g/mol. The Hall–Kier alpha value is -8.17. The number of nitrogens with one attached hydrogen (secondary N) is 2. The maximum atomic E-state index is 14.1. The van der Waals surface area contributed by atoms with E-state index in [1.165, 1.54) is 30.5 Å². The second-order valence-electron chi connectivity index (χ2n) is 21.4. The van der Waals surface area contributed by atoms with Crippen LogP contribution < -0.4 is 35.0 Å². The number of carbonyl (C=O) groups excluding carboxylic acids is 4. The number of aliphatic hydroxyl groups is 1. The van der Waals surface area contributed by atoms with Crippen molar-refractivity contribution < 1.29 is 42.2 Å². The van der Waals surface area contributed by atoms with E-state index in [0.717, 1.165) is 61.2 Å². The molecule has 11 rings (SSSR count). The van der Waals surface area contributed by atoms with Gasteiger partial charge in [0.2, 0.25) is 5.91 Å². The first-order valence-electron chi connectivity index (χ1n) is 26.1. The summed E-state index contributed by atoms with van der Waals surface area (Å²) in [4.78, 5) is 80.9. The average molecular weight is 1070 g/mol. The molecule has 2 fully saturated rings. The molecule has 4 amide bonds. The van der Waals surface area contributed by atoms with Crippen molar-refractivity contribution in [1.82, 2.24) is 29.4 Å². The van der Waals surface area contributed by atoms with Gasteiger partial charge in [-0.3, -0.25) is 34.0 Å². The molecule has 0 spiro atoms. The number of halogens is 3.